The van der Waals surface area contributed by atoms with Gasteiger partial charge >= 0.3 is 5.97 Å². The molecule has 0 radical (unpaired) electrons. The molecule has 3 N–H and O–H groups in total. The molecule has 4 rings (SSSR count). The predicted molar refractivity (Wildman–Crippen MR) is 84.5 cm³/mol. The van der Waals surface area contributed by atoms with Gasteiger partial charge in [-0.05, 0) is 60.7 Å². The van der Waals surface area contributed by atoms with Crippen LogP contribution in [0, 0.1) is 12.7 Å². The Morgan fingerprint density at radius 1 is 1.22 bits per heavy atom. The molecule has 0 atom stereocenters. The van der Waals surface area contributed by atoms with Gasteiger partial charge < -0.3 is 15.2 Å². The Hall–Kier alpha value is -2.82. The quantitative estimate of drug-likeness (QED) is 0.640. The molecule has 0 unspecified atom stereocenters. The first-order valence-corrected chi connectivity index (χ1v) is 7.36. The van der Waals surface area contributed by atoms with Crippen LogP contribution in [-0.2, 0) is 12.8 Å². The lowest BCUT2D eigenvalue weighted by atomic mass is 9.87. The maximum absolute atomic E-state index is 14.2. The Balaban J connectivity index is 2.02. The number of benzene rings is 2. The van der Waals surface area contributed by atoms with Gasteiger partial charge in [0.1, 0.15) is 17.1 Å². The normalized spacial score (nSPS) is 13.0. The van der Waals surface area contributed by atoms with Crippen molar-refractivity contribution >= 4 is 16.9 Å². The molecule has 0 aliphatic heterocycles. The van der Waals surface area contributed by atoms with E-state index >= 15 is 0 Å². The van der Waals surface area contributed by atoms with E-state index in [4.69, 9.17) is 5.11 Å². The van der Waals surface area contributed by atoms with Gasteiger partial charge in [0.2, 0.25) is 0 Å². The van der Waals surface area contributed by atoms with E-state index in [1.165, 1.54) is 18.2 Å². The molecule has 116 valence electrons. The number of nitrogens with one attached hydrogen (secondary N) is 1. The Kier molecular flexibility index (Phi) is 2.75. The molecular formula is C18H14FNO3. The Morgan fingerprint density at radius 2 is 2.00 bits per heavy atom. The van der Waals surface area contributed by atoms with Crippen molar-refractivity contribution < 1.29 is 19.4 Å². The lowest BCUT2D eigenvalue weighted by Crippen LogP contribution is -2.06. The number of carboxylic acids is 1. The first kappa shape index (κ1) is 13.8. The largest absolute Gasteiger partial charge is 0.507 e. The summed E-state index contributed by atoms with van der Waals surface area (Å²) in [6.07, 6.45) is 1.36. The first-order valence-electron chi connectivity index (χ1n) is 7.36. The third-order valence-electron chi connectivity index (χ3n) is 4.48. The molecule has 1 aliphatic rings. The van der Waals surface area contributed by atoms with E-state index in [1.807, 2.05) is 13.0 Å². The van der Waals surface area contributed by atoms with Crippen molar-refractivity contribution in [2.45, 2.75) is 19.8 Å². The summed E-state index contributed by atoms with van der Waals surface area (Å²) in [5.41, 5.74) is 4.56. The molecule has 1 aromatic heterocycles. The number of aryl methyl sites for hydroxylation is 3. The molecule has 23 heavy (non-hydrogen) atoms. The van der Waals surface area contributed by atoms with Crippen LogP contribution in [0.15, 0.2) is 24.3 Å². The number of rotatable bonds is 1. The summed E-state index contributed by atoms with van der Waals surface area (Å²) in [4.78, 5) is 14.3. The zero-order valence-corrected chi connectivity index (χ0v) is 12.4. The predicted octanol–water partition coefficient (Wildman–Crippen LogP) is 3.78. The molecule has 0 saturated carbocycles. The topological polar surface area (TPSA) is 73.3 Å². The number of H-pyrrole nitrogens is 1. The van der Waals surface area contributed by atoms with Gasteiger partial charge in [-0.1, -0.05) is 0 Å². The summed E-state index contributed by atoms with van der Waals surface area (Å²) in [5, 5.41) is 19.9. The van der Waals surface area contributed by atoms with E-state index in [9.17, 15) is 14.3 Å². The highest BCUT2D eigenvalue weighted by Gasteiger charge is 2.24. The zero-order valence-electron chi connectivity index (χ0n) is 12.4. The highest BCUT2D eigenvalue weighted by Crippen LogP contribution is 2.40. The third kappa shape index (κ3) is 1.93. The molecule has 0 fully saturated rings. The van der Waals surface area contributed by atoms with Crippen molar-refractivity contribution in [1.29, 1.82) is 0 Å². The fourth-order valence-corrected chi connectivity index (χ4v) is 3.44. The molecule has 1 aliphatic carbocycles. The van der Waals surface area contributed by atoms with Crippen LogP contribution in [0.3, 0.4) is 0 Å². The standard InChI is InChI=1S/C18H14FNO3/c1-8-4-12-10-3-2-9-6-13(18(22)23)15(21)7-11(9)16(10)20-17(12)14(19)5-8/h4-7,20-21H,2-3H2,1H3,(H,22,23). The molecule has 0 bridgehead atoms. The van der Waals surface area contributed by atoms with Crippen LogP contribution in [0.1, 0.15) is 27.0 Å². The number of phenols is 1. The van der Waals surface area contributed by atoms with Gasteiger partial charge in [-0.15, -0.1) is 0 Å². The summed E-state index contributed by atoms with van der Waals surface area (Å²) >= 11 is 0. The number of halogens is 1. The summed E-state index contributed by atoms with van der Waals surface area (Å²) < 4.78 is 14.2. The fraction of sp³-hybridized carbons (Fsp3) is 0.167. The number of aromatic amines is 1. The molecular weight excluding hydrogens is 297 g/mol. The number of hydrogen-bond acceptors (Lipinski definition) is 2. The second-order valence-corrected chi connectivity index (χ2v) is 5.98. The molecule has 1 heterocycles. The first-order chi connectivity index (χ1) is 11.0. The van der Waals surface area contributed by atoms with Gasteiger partial charge in [0, 0.05) is 10.9 Å². The minimum atomic E-state index is -1.16. The average Bonchev–Trinajstić information content (AvgIpc) is 2.86. The van der Waals surface area contributed by atoms with Crippen molar-refractivity contribution in [2.24, 2.45) is 0 Å². The lowest BCUT2D eigenvalue weighted by Gasteiger charge is -2.18. The minimum absolute atomic E-state index is 0.106. The van der Waals surface area contributed by atoms with E-state index < -0.39 is 5.97 Å². The number of aromatic hydroxyl groups is 1. The van der Waals surface area contributed by atoms with E-state index in [-0.39, 0.29) is 17.1 Å². The minimum Gasteiger partial charge on any atom is -0.507 e. The highest BCUT2D eigenvalue weighted by atomic mass is 19.1. The second-order valence-electron chi connectivity index (χ2n) is 5.98. The monoisotopic (exact) mass is 311 g/mol. The van der Waals surface area contributed by atoms with Crippen LogP contribution in [0.25, 0.3) is 22.2 Å². The average molecular weight is 311 g/mol. The van der Waals surface area contributed by atoms with Crippen molar-refractivity contribution in [1.82, 2.24) is 4.98 Å². The van der Waals surface area contributed by atoms with E-state index in [0.717, 1.165) is 33.3 Å². The number of hydrogen-bond donors (Lipinski definition) is 3. The van der Waals surface area contributed by atoms with Crippen LogP contribution < -0.4 is 0 Å². The van der Waals surface area contributed by atoms with Crippen molar-refractivity contribution in [3.8, 4) is 17.0 Å². The Labute approximate surface area is 131 Å². The van der Waals surface area contributed by atoms with E-state index in [0.29, 0.717) is 18.4 Å². The van der Waals surface area contributed by atoms with Crippen molar-refractivity contribution in [3.63, 3.8) is 0 Å². The molecule has 3 aromatic rings. The second kappa shape index (κ2) is 4.59. The fourth-order valence-electron chi connectivity index (χ4n) is 3.44. The van der Waals surface area contributed by atoms with Gasteiger partial charge in [0.25, 0.3) is 0 Å². The summed E-state index contributed by atoms with van der Waals surface area (Å²) in [7, 11) is 0. The van der Waals surface area contributed by atoms with Gasteiger partial charge in [0.05, 0.1) is 11.2 Å². The van der Waals surface area contributed by atoms with Crippen LogP contribution in [0.4, 0.5) is 4.39 Å². The maximum atomic E-state index is 14.2. The lowest BCUT2D eigenvalue weighted by molar-refractivity contribution is 0.0693. The number of aromatic carboxylic acids is 1. The van der Waals surface area contributed by atoms with E-state index in [1.54, 1.807) is 0 Å². The highest BCUT2D eigenvalue weighted by molar-refractivity contribution is 5.96. The van der Waals surface area contributed by atoms with Crippen molar-refractivity contribution in [3.05, 3.63) is 52.3 Å². The third-order valence-corrected chi connectivity index (χ3v) is 4.48. The summed E-state index contributed by atoms with van der Waals surface area (Å²) in [6, 6.07) is 6.39. The van der Waals surface area contributed by atoms with E-state index in [2.05, 4.69) is 4.98 Å². The van der Waals surface area contributed by atoms with Gasteiger partial charge in [-0.25, -0.2) is 9.18 Å². The van der Waals surface area contributed by atoms with Crippen LogP contribution in [-0.4, -0.2) is 21.2 Å². The number of carboxylic acid groups (broad SMARTS) is 1. The summed E-state index contributed by atoms with van der Waals surface area (Å²) in [6.45, 7) is 1.85. The van der Waals surface area contributed by atoms with Gasteiger partial charge in [-0.2, -0.15) is 0 Å². The molecule has 0 saturated heterocycles. The molecule has 5 heteroatoms. The smallest absolute Gasteiger partial charge is 0.339 e. The summed E-state index contributed by atoms with van der Waals surface area (Å²) in [5.74, 6) is -1.74. The molecule has 0 amide bonds. The number of carbonyl (C=O) groups is 1. The van der Waals surface area contributed by atoms with Crippen LogP contribution in [0.2, 0.25) is 0 Å². The number of fused-ring (bicyclic) bond motifs is 5. The maximum Gasteiger partial charge on any atom is 0.339 e. The molecule has 0 spiro atoms. The number of aromatic nitrogens is 1. The van der Waals surface area contributed by atoms with Crippen LogP contribution >= 0.6 is 0 Å². The van der Waals surface area contributed by atoms with Gasteiger partial charge in [-0.3, -0.25) is 0 Å². The molecule has 2 aromatic carbocycles. The van der Waals surface area contributed by atoms with Crippen molar-refractivity contribution in [2.75, 3.05) is 0 Å². The SMILES string of the molecule is Cc1cc(F)c2[nH]c3c(c2c1)CCc1cc(C(=O)O)c(O)cc1-3. The Bertz CT molecular complexity index is 988. The molecule has 4 nitrogen and oxygen atoms in total. The van der Waals surface area contributed by atoms with Gasteiger partial charge in [0.15, 0.2) is 0 Å². The Morgan fingerprint density at radius 3 is 2.74 bits per heavy atom. The zero-order chi connectivity index (χ0) is 16.3. The van der Waals surface area contributed by atoms with Crippen LogP contribution in [0.5, 0.6) is 5.75 Å².